The van der Waals surface area contributed by atoms with Gasteiger partial charge in [-0.25, -0.2) is 0 Å². The van der Waals surface area contributed by atoms with E-state index >= 15 is 0 Å². The van der Waals surface area contributed by atoms with Gasteiger partial charge in [0.15, 0.2) is 5.75 Å². The minimum Gasteiger partial charge on any atom is -0.424 e. The lowest BCUT2D eigenvalue weighted by Crippen LogP contribution is -2.25. The molecule has 106 valence electrons. The first-order valence-corrected chi connectivity index (χ1v) is 7.21. The van der Waals surface area contributed by atoms with Crippen molar-refractivity contribution < 1.29 is 9.53 Å². The summed E-state index contributed by atoms with van der Waals surface area (Å²) in [6.45, 7) is 7.56. The second kappa shape index (κ2) is 4.37. The van der Waals surface area contributed by atoms with Crippen molar-refractivity contribution >= 4 is 16.9 Å². The van der Waals surface area contributed by atoms with Crippen LogP contribution in [0.1, 0.15) is 50.8 Å². The molecule has 0 radical (unpaired) electrons. The molecule has 0 unspecified atom stereocenters. The predicted octanol–water partition coefficient (Wildman–Crippen LogP) is 4.31. The number of carbonyl (C=O) groups excluding carboxylic acids is 1. The summed E-state index contributed by atoms with van der Waals surface area (Å²) in [7, 11) is 0. The van der Waals surface area contributed by atoms with Gasteiger partial charge in [-0.2, -0.15) is 0 Å². The molecular formula is C17H21NO2. The third-order valence-electron chi connectivity index (χ3n) is 3.81. The molecule has 1 saturated carbocycles. The Bertz CT molecular complexity index is 672. The summed E-state index contributed by atoms with van der Waals surface area (Å²) in [6.07, 6.45) is 2.54. The number of hydrogen-bond acceptors (Lipinski definition) is 2. The number of fused-ring (bicyclic) bond motifs is 1. The molecule has 1 aliphatic carbocycles. The fourth-order valence-corrected chi connectivity index (χ4v) is 2.37. The van der Waals surface area contributed by atoms with Gasteiger partial charge in [-0.3, -0.25) is 4.79 Å². The van der Waals surface area contributed by atoms with Gasteiger partial charge in [0, 0.05) is 10.9 Å². The molecule has 0 aliphatic heterocycles. The van der Waals surface area contributed by atoms with E-state index < -0.39 is 5.41 Å². The van der Waals surface area contributed by atoms with E-state index in [1.54, 1.807) is 0 Å². The number of esters is 1. The predicted molar refractivity (Wildman–Crippen MR) is 80.1 cm³/mol. The Kier molecular flexibility index (Phi) is 2.89. The molecule has 0 amide bonds. The van der Waals surface area contributed by atoms with Gasteiger partial charge in [0.25, 0.3) is 0 Å². The van der Waals surface area contributed by atoms with Crippen molar-refractivity contribution in [1.29, 1.82) is 0 Å². The number of H-pyrrole nitrogens is 1. The third kappa shape index (κ3) is 2.33. The van der Waals surface area contributed by atoms with Crippen LogP contribution in [0.15, 0.2) is 18.2 Å². The zero-order chi connectivity index (χ0) is 14.5. The van der Waals surface area contributed by atoms with Crippen LogP contribution in [0.2, 0.25) is 0 Å². The highest BCUT2D eigenvalue weighted by Crippen LogP contribution is 2.42. The molecule has 1 heterocycles. The van der Waals surface area contributed by atoms with Gasteiger partial charge in [0.1, 0.15) is 0 Å². The number of aromatic amines is 1. The maximum Gasteiger partial charge on any atom is 0.316 e. The van der Waals surface area contributed by atoms with Gasteiger partial charge >= 0.3 is 5.97 Å². The first kappa shape index (κ1) is 13.2. The zero-order valence-corrected chi connectivity index (χ0v) is 12.5. The van der Waals surface area contributed by atoms with E-state index in [-0.39, 0.29) is 5.97 Å². The smallest absolute Gasteiger partial charge is 0.316 e. The summed E-state index contributed by atoms with van der Waals surface area (Å²) >= 11 is 0. The number of carbonyl (C=O) groups is 1. The van der Waals surface area contributed by atoms with Gasteiger partial charge in [0.2, 0.25) is 0 Å². The largest absolute Gasteiger partial charge is 0.424 e. The molecule has 1 aromatic heterocycles. The molecule has 2 aromatic rings. The van der Waals surface area contributed by atoms with Crippen molar-refractivity contribution in [1.82, 2.24) is 4.98 Å². The maximum absolute atomic E-state index is 12.1. The Labute approximate surface area is 119 Å². The number of aromatic nitrogens is 1. The van der Waals surface area contributed by atoms with Crippen molar-refractivity contribution in [3.05, 3.63) is 29.5 Å². The highest BCUT2D eigenvalue weighted by Gasteiger charge is 2.27. The molecule has 0 spiro atoms. The van der Waals surface area contributed by atoms with Crippen LogP contribution < -0.4 is 4.74 Å². The highest BCUT2D eigenvalue weighted by atomic mass is 16.5. The molecule has 1 fully saturated rings. The fraction of sp³-hybridized carbons (Fsp3) is 0.471. The van der Waals surface area contributed by atoms with Crippen LogP contribution in [0.25, 0.3) is 10.9 Å². The van der Waals surface area contributed by atoms with Gasteiger partial charge in [-0.1, -0.05) is 6.07 Å². The Hall–Kier alpha value is -1.77. The maximum atomic E-state index is 12.1. The van der Waals surface area contributed by atoms with E-state index in [0.29, 0.717) is 11.7 Å². The zero-order valence-electron chi connectivity index (χ0n) is 12.5. The average Bonchev–Trinajstić information content (AvgIpc) is 3.15. The second-order valence-corrected chi connectivity index (χ2v) is 6.80. The minimum atomic E-state index is -0.496. The van der Waals surface area contributed by atoms with E-state index in [1.807, 2.05) is 27.7 Å². The molecule has 3 nitrogen and oxygen atoms in total. The van der Waals surface area contributed by atoms with Crippen LogP contribution >= 0.6 is 0 Å². The molecule has 0 bridgehead atoms. The molecule has 3 heteroatoms. The quantitative estimate of drug-likeness (QED) is 0.827. The van der Waals surface area contributed by atoms with Crippen LogP contribution in [-0.2, 0) is 4.79 Å². The SMILES string of the molecule is Cc1[nH]c2ccc(C3CC3)cc2c1OC(=O)C(C)(C)C. The lowest BCUT2D eigenvalue weighted by molar-refractivity contribution is -0.142. The van der Waals surface area contributed by atoms with Crippen LogP contribution in [0, 0.1) is 12.3 Å². The van der Waals surface area contributed by atoms with Gasteiger partial charge < -0.3 is 9.72 Å². The monoisotopic (exact) mass is 271 g/mol. The Morgan fingerprint density at radius 3 is 2.60 bits per heavy atom. The van der Waals surface area contributed by atoms with E-state index in [9.17, 15) is 4.79 Å². The van der Waals surface area contributed by atoms with E-state index in [2.05, 4.69) is 23.2 Å². The number of ether oxygens (including phenoxy) is 1. The average molecular weight is 271 g/mol. The second-order valence-electron chi connectivity index (χ2n) is 6.80. The van der Waals surface area contributed by atoms with Crippen molar-refractivity contribution in [3.8, 4) is 5.75 Å². The summed E-state index contributed by atoms with van der Waals surface area (Å²) in [5.41, 5.74) is 2.79. The Balaban J connectivity index is 2.02. The lowest BCUT2D eigenvalue weighted by atomic mass is 9.97. The van der Waals surface area contributed by atoms with Gasteiger partial charge in [-0.05, 0) is 64.2 Å². The van der Waals surface area contributed by atoms with Crippen molar-refractivity contribution in [2.24, 2.45) is 5.41 Å². The Morgan fingerprint density at radius 1 is 1.30 bits per heavy atom. The molecule has 3 rings (SSSR count). The van der Waals surface area contributed by atoms with Crippen LogP contribution in [0.4, 0.5) is 0 Å². The first-order chi connectivity index (χ1) is 9.36. The summed E-state index contributed by atoms with van der Waals surface area (Å²) < 4.78 is 5.65. The Morgan fingerprint density at radius 2 is 2.00 bits per heavy atom. The molecule has 20 heavy (non-hydrogen) atoms. The molecular weight excluding hydrogens is 250 g/mol. The number of rotatable bonds is 2. The number of aryl methyl sites for hydroxylation is 1. The van der Waals surface area contributed by atoms with Gasteiger partial charge in [0.05, 0.1) is 11.1 Å². The summed E-state index contributed by atoms with van der Waals surface area (Å²) in [6, 6.07) is 6.43. The van der Waals surface area contributed by atoms with Crippen LogP contribution in [0.5, 0.6) is 5.75 Å². The summed E-state index contributed by atoms with van der Waals surface area (Å²) in [4.78, 5) is 15.4. The number of nitrogens with one attached hydrogen (secondary N) is 1. The van der Waals surface area contributed by atoms with Crippen molar-refractivity contribution in [3.63, 3.8) is 0 Å². The van der Waals surface area contributed by atoms with Crippen LogP contribution in [0.3, 0.4) is 0 Å². The summed E-state index contributed by atoms with van der Waals surface area (Å²) in [5.74, 6) is 1.18. The highest BCUT2D eigenvalue weighted by molar-refractivity contribution is 5.91. The molecule has 0 saturated heterocycles. The first-order valence-electron chi connectivity index (χ1n) is 7.21. The van der Waals surface area contributed by atoms with E-state index in [4.69, 9.17) is 4.74 Å². The molecule has 1 aromatic carbocycles. The topological polar surface area (TPSA) is 42.1 Å². The van der Waals surface area contributed by atoms with Crippen molar-refractivity contribution in [2.45, 2.75) is 46.5 Å². The normalized spacial score (nSPS) is 15.6. The van der Waals surface area contributed by atoms with E-state index in [0.717, 1.165) is 16.6 Å². The number of benzene rings is 1. The lowest BCUT2D eigenvalue weighted by Gasteiger charge is -2.16. The van der Waals surface area contributed by atoms with Crippen molar-refractivity contribution in [2.75, 3.05) is 0 Å². The number of hydrogen-bond donors (Lipinski definition) is 1. The third-order valence-corrected chi connectivity index (χ3v) is 3.81. The minimum absolute atomic E-state index is 0.196. The van der Waals surface area contributed by atoms with Crippen LogP contribution in [-0.4, -0.2) is 11.0 Å². The van der Waals surface area contributed by atoms with Gasteiger partial charge in [-0.15, -0.1) is 0 Å². The fourth-order valence-electron chi connectivity index (χ4n) is 2.37. The molecule has 1 N–H and O–H groups in total. The van der Waals surface area contributed by atoms with E-state index in [1.165, 1.54) is 18.4 Å². The summed E-state index contributed by atoms with van der Waals surface area (Å²) in [5, 5.41) is 1.02. The molecule has 1 aliphatic rings. The standard InChI is InChI=1S/C17H21NO2/c1-10-15(20-16(19)17(2,3)4)13-9-12(11-5-6-11)7-8-14(13)18-10/h7-9,11,18H,5-6H2,1-4H3. The molecule has 0 atom stereocenters.